The Morgan fingerprint density at radius 3 is 2.70 bits per heavy atom. The van der Waals surface area contributed by atoms with Crippen LogP contribution in [0.4, 0.5) is 0 Å². The van der Waals surface area contributed by atoms with Crippen molar-refractivity contribution in [2.75, 3.05) is 19.7 Å². The quantitative estimate of drug-likeness (QED) is 0.450. The van der Waals surface area contributed by atoms with Gasteiger partial charge in [0.05, 0.1) is 13.2 Å². The Morgan fingerprint density at radius 2 is 2.20 bits per heavy atom. The van der Waals surface area contributed by atoms with Crippen LogP contribution in [0.5, 0.6) is 0 Å². The van der Waals surface area contributed by atoms with E-state index in [2.05, 4.69) is 18.8 Å². The molecule has 0 saturated heterocycles. The van der Waals surface area contributed by atoms with E-state index < -0.39 is 0 Å². The van der Waals surface area contributed by atoms with Crippen molar-refractivity contribution in [2.24, 2.45) is 0 Å². The first kappa shape index (κ1) is 9.50. The van der Waals surface area contributed by atoms with Gasteiger partial charge in [-0.05, 0) is 19.9 Å². The molecule has 0 unspecified atom stereocenters. The Morgan fingerprint density at radius 1 is 1.50 bits per heavy atom. The molecule has 0 bridgehead atoms. The molecule has 0 aliphatic heterocycles. The molecule has 0 atom stereocenters. The van der Waals surface area contributed by atoms with Crippen LogP contribution in [0, 0.1) is 0 Å². The molecule has 2 nitrogen and oxygen atoms in total. The van der Waals surface area contributed by atoms with Crippen molar-refractivity contribution in [1.29, 1.82) is 0 Å². The molecule has 0 aliphatic carbocycles. The first-order valence-electron chi connectivity index (χ1n) is 3.82. The number of nitrogens with one attached hydrogen (secondary N) is 1. The van der Waals surface area contributed by atoms with Crippen LogP contribution in [0.1, 0.15) is 20.3 Å². The summed E-state index contributed by atoms with van der Waals surface area (Å²) < 4.78 is 5.13. The molecule has 0 heterocycles. The normalized spacial score (nSPS) is 9.40. The molecule has 0 radical (unpaired) electrons. The molecule has 0 amide bonds. The van der Waals surface area contributed by atoms with Gasteiger partial charge in [0.15, 0.2) is 0 Å². The predicted octanol–water partition coefficient (Wildman–Crippen LogP) is 1.54. The van der Waals surface area contributed by atoms with Gasteiger partial charge in [-0.1, -0.05) is 13.5 Å². The molecule has 0 rings (SSSR count). The van der Waals surface area contributed by atoms with Crippen LogP contribution in [0.25, 0.3) is 0 Å². The highest BCUT2D eigenvalue weighted by Gasteiger charge is 1.89. The molecule has 1 N–H and O–H groups in total. The summed E-state index contributed by atoms with van der Waals surface area (Å²) in [6.07, 6.45) is 1.15. The summed E-state index contributed by atoms with van der Waals surface area (Å²) in [4.78, 5) is 0. The lowest BCUT2D eigenvalue weighted by molar-refractivity contribution is 0.223. The maximum absolute atomic E-state index is 5.13. The minimum atomic E-state index is 0.715. The highest BCUT2D eigenvalue weighted by atomic mass is 16.5. The third-order valence-corrected chi connectivity index (χ3v) is 1.10. The van der Waals surface area contributed by atoms with Crippen molar-refractivity contribution >= 4 is 0 Å². The fourth-order valence-corrected chi connectivity index (χ4v) is 0.660. The van der Waals surface area contributed by atoms with Crippen molar-refractivity contribution < 1.29 is 4.74 Å². The topological polar surface area (TPSA) is 21.3 Å². The second-order valence-electron chi connectivity index (χ2n) is 2.15. The van der Waals surface area contributed by atoms with E-state index in [1.807, 2.05) is 6.92 Å². The lowest BCUT2D eigenvalue weighted by Gasteiger charge is -2.06. The van der Waals surface area contributed by atoms with Crippen molar-refractivity contribution in [1.82, 2.24) is 5.32 Å². The summed E-state index contributed by atoms with van der Waals surface area (Å²) >= 11 is 0. The van der Waals surface area contributed by atoms with Gasteiger partial charge >= 0.3 is 0 Å². The Labute approximate surface area is 63.3 Å². The van der Waals surface area contributed by atoms with Crippen molar-refractivity contribution in [3.8, 4) is 0 Å². The summed E-state index contributed by atoms with van der Waals surface area (Å²) in [5.74, 6) is 0.830. The zero-order valence-corrected chi connectivity index (χ0v) is 6.94. The summed E-state index contributed by atoms with van der Waals surface area (Å²) in [6.45, 7) is 10.4. The highest BCUT2D eigenvalue weighted by molar-refractivity contribution is 4.84. The van der Waals surface area contributed by atoms with Gasteiger partial charge in [0.25, 0.3) is 0 Å². The van der Waals surface area contributed by atoms with Gasteiger partial charge in [0, 0.05) is 0 Å². The number of rotatable bonds is 6. The van der Waals surface area contributed by atoms with E-state index in [0.717, 1.165) is 25.3 Å². The molecule has 0 fully saturated rings. The summed E-state index contributed by atoms with van der Waals surface area (Å²) in [5.41, 5.74) is 0. The van der Waals surface area contributed by atoms with Gasteiger partial charge in [-0.15, -0.1) is 0 Å². The van der Waals surface area contributed by atoms with E-state index in [4.69, 9.17) is 4.74 Å². The molecule has 0 aromatic carbocycles. The average molecular weight is 143 g/mol. The zero-order valence-electron chi connectivity index (χ0n) is 6.94. The molecule has 60 valence electrons. The lowest BCUT2D eigenvalue weighted by atomic mass is 10.4. The Kier molecular flexibility index (Phi) is 6.29. The monoisotopic (exact) mass is 143 g/mol. The lowest BCUT2D eigenvalue weighted by Crippen LogP contribution is -2.18. The minimum Gasteiger partial charge on any atom is -0.497 e. The van der Waals surface area contributed by atoms with E-state index in [1.54, 1.807) is 0 Å². The van der Waals surface area contributed by atoms with Crippen LogP contribution in [0.2, 0.25) is 0 Å². The van der Waals surface area contributed by atoms with Crippen molar-refractivity contribution in [3.05, 3.63) is 12.3 Å². The van der Waals surface area contributed by atoms with Crippen molar-refractivity contribution in [2.45, 2.75) is 20.3 Å². The summed E-state index contributed by atoms with van der Waals surface area (Å²) in [7, 11) is 0. The average Bonchev–Trinajstić information content (AvgIpc) is 1.89. The molecule has 0 aromatic heterocycles. The van der Waals surface area contributed by atoms with Crippen LogP contribution in [-0.2, 0) is 4.74 Å². The minimum absolute atomic E-state index is 0.715. The SMILES string of the molecule is C=C(CNCCC)OCC. The van der Waals surface area contributed by atoms with Gasteiger partial charge in [-0.2, -0.15) is 0 Å². The van der Waals surface area contributed by atoms with Crippen LogP contribution in [0.3, 0.4) is 0 Å². The van der Waals surface area contributed by atoms with E-state index in [9.17, 15) is 0 Å². The van der Waals surface area contributed by atoms with Gasteiger partial charge in [-0.25, -0.2) is 0 Å². The van der Waals surface area contributed by atoms with Gasteiger partial charge in [0.1, 0.15) is 5.76 Å². The smallest absolute Gasteiger partial charge is 0.103 e. The summed E-state index contributed by atoms with van der Waals surface area (Å²) in [6, 6.07) is 0. The molecular weight excluding hydrogens is 126 g/mol. The van der Waals surface area contributed by atoms with Gasteiger partial charge < -0.3 is 10.1 Å². The first-order chi connectivity index (χ1) is 4.81. The zero-order chi connectivity index (χ0) is 7.82. The maximum Gasteiger partial charge on any atom is 0.103 e. The second kappa shape index (κ2) is 6.62. The first-order valence-corrected chi connectivity index (χ1v) is 3.82. The molecule has 0 spiro atoms. The van der Waals surface area contributed by atoms with Crippen LogP contribution >= 0.6 is 0 Å². The fraction of sp³-hybridized carbons (Fsp3) is 0.750. The van der Waals surface area contributed by atoms with E-state index in [1.165, 1.54) is 0 Å². The highest BCUT2D eigenvalue weighted by Crippen LogP contribution is 1.89. The third kappa shape index (κ3) is 5.63. The Hall–Kier alpha value is -0.500. The molecule has 2 heteroatoms. The number of hydrogen-bond donors (Lipinski definition) is 1. The standard InChI is InChI=1S/C8H17NO/c1-4-6-9-7-8(3)10-5-2/h9H,3-7H2,1-2H3. The van der Waals surface area contributed by atoms with Crippen LogP contribution < -0.4 is 5.32 Å². The maximum atomic E-state index is 5.13. The van der Waals surface area contributed by atoms with E-state index in [-0.39, 0.29) is 0 Å². The summed E-state index contributed by atoms with van der Waals surface area (Å²) in [5, 5.41) is 3.20. The number of ether oxygens (including phenoxy) is 1. The molecule has 0 aromatic rings. The molecular formula is C8H17NO. The van der Waals surface area contributed by atoms with Gasteiger partial charge in [-0.3, -0.25) is 0 Å². The fourth-order valence-electron chi connectivity index (χ4n) is 0.660. The Balaban J connectivity index is 3.05. The largest absolute Gasteiger partial charge is 0.497 e. The van der Waals surface area contributed by atoms with Crippen LogP contribution in [0.15, 0.2) is 12.3 Å². The van der Waals surface area contributed by atoms with E-state index in [0.29, 0.717) is 6.61 Å². The molecule has 0 aliphatic rings. The van der Waals surface area contributed by atoms with Gasteiger partial charge in [0.2, 0.25) is 0 Å². The third-order valence-electron chi connectivity index (χ3n) is 1.10. The van der Waals surface area contributed by atoms with Crippen LogP contribution in [-0.4, -0.2) is 19.7 Å². The molecule has 10 heavy (non-hydrogen) atoms. The second-order valence-corrected chi connectivity index (χ2v) is 2.15. The molecule has 0 saturated carbocycles. The predicted molar refractivity (Wildman–Crippen MR) is 43.9 cm³/mol. The van der Waals surface area contributed by atoms with Crippen molar-refractivity contribution in [3.63, 3.8) is 0 Å². The Bertz CT molecular complexity index is 91.3. The number of hydrogen-bond acceptors (Lipinski definition) is 2. The van der Waals surface area contributed by atoms with E-state index >= 15 is 0 Å².